The maximum atomic E-state index is 9.52. The second-order valence-corrected chi connectivity index (χ2v) is 14.5. The van der Waals surface area contributed by atoms with Crippen molar-refractivity contribution in [1.29, 1.82) is 0 Å². The zero-order valence-corrected chi connectivity index (χ0v) is 30.9. The average molecular weight is 732 g/mol. The molecule has 0 aliphatic rings. The van der Waals surface area contributed by atoms with Gasteiger partial charge >= 0.3 is 0 Å². The van der Waals surface area contributed by atoms with Crippen molar-refractivity contribution in [2.45, 2.75) is 5.41 Å². The van der Waals surface area contributed by atoms with Crippen LogP contribution < -0.4 is 0 Å². The van der Waals surface area contributed by atoms with Gasteiger partial charge in [-0.3, -0.25) is 0 Å². The summed E-state index contributed by atoms with van der Waals surface area (Å²) in [6.45, 7) is 0. The van der Waals surface area contributed by atoms with Crippen molar-refractivity contribution >= 4 is 43.6 Å². The van der Waals surface area contributed by atoms with Crippen molar-refractivity contribution in [3.63, 3.8) is 0 Å². The molecule has 0 spiro atoms. The van der Waals surface area contributed by atoms with Gasteiger partial charge in [0.25, 0.3) is 0 Å². The Balaban J connectivity index is 1.30. The molecule has 0 radical (unpaired) electrons. The summed E-state index contributed by atoms with van der Waals surface area (Å²) in [6.07, 6.45) is 0. The van der Waals surface area contributed by atoms with Gasteiger partial charge in [0.2, 0.25) is 0 Å². The Morgan fingerprint density at radius 1 is 0.351 bits per heavy atom. The summed E-state index contributed by atoms with van der Waals surface area (Å²) in [6, 6.07) is 67.1. The molecule has 268 valence electrons. The fourth-order valence-electron chi connectivity index (χ4n) is 9.12. The Hall–Kier alpha value is -7.42. The van der Waals surface area contributed by atoms with Crippen molar-refractivity contribution in [1.82, 2.24) is 9.13 Å². The van der Waals surface area contributed by atoms with Gasteiger partial charge < -0.3 is 9.13 Å². The molecule has 0 atom stereocenters. The Bertz CT molecular complexity index is 3400. The molecule has 2 nitrogen and oxygen atoms in total. The number of hydrogen-bond acceptors (Lipinski definition) is 0. The molecule has 2 heteroatoms. The highest BCUT2D eigenvalue weighted by atomic mass is 15.0. The van der Waals surface area contributed by atoms with E-state index in [1.165, 1.54) is 10.8 Å². The van der Waals surface area contributed by atoms with Crippen molar-refractivity contribution < 1.29 is 6.85 Å². The van der Waals surface area contributed by atoms with E-state index in [0.717, 1.165) is 72.0 Å². The molecule has 2 heterocycles. The number of nitrogens with zero attached hydrogens (tertiary/aromatic N) is 2. The van der Waals surface area contributed by atoms with Gasteiger partial charge in [-0.15, -0.1) is 0 Å². The van der Waals surface area contributed by atoms with Gasteiger partial charge in [0.15, 0.2) is 0 Å². The zero-order valence-electron chi connectivity index (χ0n) is 35.9. The first-order valence-electron chi connectivity index (χ1n) is 21.8. The van der Waals surface area contributed by atoms with Crippen LogP contribution in [-0.4, -0.2) is 9.13 Å². The van der Waals surface area contributed by atoms with Gasteiger partial charge in [-0.05, 0) is 76.3 Å². The molecule has 0 saturated carbocycles. The topological polar surface area (TPSA) is 9.86 Å². The van der Waals surface area contributed by atoms with Crippen molar-refractivity contribution in [3.05, 3.63) is 253 Å². The Labute approximate surface area is 339 Å². The van der Waals surface area contributed by atoms with E-state index in [1.54, 1.807) is 0 Å². The molecule has 57 heavy (non-hydrogen) atoms. The van der Waals surface area contributed by atoms with E-state index >= 15 is 0 Å². The summed E-state index contributed by atoms with van der Waals surface area (Å²) >= 11 is 0. The first-order valence-corrected chi connectivity index (χ1v) is 19.3. The van der Waals surface area contributed by atoms with E-state index in [-0.39, 0.29) is 29.7 Å². The van der Waals surface area contributed by atoms with Crippen molar-refractivity contribution in [2.24, 2.45) is 0 Å². The molecule has 0 saturated heterocycles. The van der Waals surface area contributed by atoms with Gasteiger partial charge in [-0.25, -0.2) is 0 Å². The van der Waals surface area contributed by atoms with Gasteiger partial charge in [0.1, 0.15) is 0 Å². The third-order valence-corrected chi connectivity index (χ3v) is 11.5. The number of rotatable bonds is 7. The Morgan fingerprint density at radius 3 is 1.51 bits per heavy atom. The molecule has 0 fully saturated rings. The van der Waals surface area contributed by atoms with E-state index in [0.29, 0.717) is 0 Å². The predicted octanol–water partition coefficient (Wildman–Crippen LogP) is 13.9. The van der Waals surface area contributed by atoms with E-state index in [2.05, 4.69) is 143 Å². The van der Waals surface area contributed by atoms with Crippen LogP contribution in [0.3, 0.4) is 0 Å². The molecular formula is C55H38N2. The Morgan fingerprint density at radius 2 is 0.860 bits per heavy atom. The highest BCUT2D eigenvalue weighted by molar-refractivity contribution is 6.13. The minimum atomic E-state index is -1.31. The maximum Gasteiger partial charge on any atom is 0.0701 e. The highest BCUT2D eigenvalue weighted by Gasteiger charge is 2.38. The second kappa shape index (κ2) is 13.4. The fraction of sp³-hybridized carbons (Fsp3) is 0.0182. The lowest BCUT2D eigenvalue weighted by molar-refractivity contribution is 0.746. The summed E-state index contributed by atoms with van der Waals surface area (Å²) in [5.41, 5.74) is 9.67. The molecule has 11 rings (SSSR count). The normalized spacial score (nSPS) is 13.1. The lowest BCUT2D eigenvalue weighted by Gasteiger charge is -2.37. The highest BCUT2D eigenvalue weighted by Crippen LogP contribution is 2.47. The molecule has 0 bridgehead atoms. The van der Waals surface area contributed by atoms with Crippen LogP contribution in [0.5, 0.6) is 0 Å². The van der Waals surface area contributed by atoms with Gasteiger partial charge in [0.05, 0.1) is 40.0 Å². The predicted molar refractivity (Wildman–Crippen MR) is 239 cm³/mol. The summed E-state index contributed by atoms with van der Waals surface area (Å²) < 4.78 is 50.1. The molecule has 0 aliphatic heterocycles. The van der Waals surface area contributed by atoms with Gasteiger partial charge in [0, 0.05) is 32.8 Å². The quantitative estimate of drug-likeness (QED) is 0.144. The first-order chi connectivity index (χ1) is 30.4. The number of aromatic nitrogens is 2. The SMILES string of the molecule is [2H]c1c([2H])c([2H])c(C(c2ccccc2)(c2ccccc2)c2ccc3c(c2)c2cc(-n4c5ccccc5c5ccccc54)ccc2n3-c2ccccc2-c2ccccc2)c([2H])c1[2H]. The summed E-state index contributed by atoms with van der Waals surface area (Å²) in [5.74, 6) is 0. The summed E-state index contributed by atoms with van der Waals surface area (Å²) in [5, 5.41) is 4.34. The largest absolute Gasteiger partial charge is 0.309 e. The molecule has 2 aromatic heterocycles. The number of benzene rings is 9. The fourth-order valence-corrected chi connectivity index (χ4v) is 9.12. The van der Waals surface area contributed by atoms with E-state index < -0.39 is 11.5 Å². The molecule has 0 aliphatic carbocycles. The van der Waals surface area contributed by atoms with Gasteiger partial charge in [-0.2, -0.15) is 0 Å². The van der Waals surface area contributed by atoms with E-state index in [9.17, 15) is 2.74 Å². The summed E-state index contributed by atoms with van der Waals surface area (Å²) in [7, 11) is 0. The van der Waals surface area contributed by atoms with Crippen molar-refractivity contribution in [2.75, 3.05) is 0 Å². The minimum absolute atomic E-state index is 0.199. The molecule has 0 amide bonds. The maximum absolute atomic E-state index is 9.52. The van der Waals surface area contributed by atoms with Crippen LogP contribution in [0.4, 0.5) is 0 Å². The van der Waals surface area contributed by atoms with E-state index in [1.807, 2.05) is 66.7 Å². The van der Waals surface area contributed by atoms with Crippen LogP contribution in [-0.2, 0) is 5.41 Å². The first kappa shape index (κ1) is 28.1. The van der Waals surface area contributed by atoms with Gasteiger partial charge in [-0.1, -0.05) is 182 Å². The lowest BCUT2D eigenvalue weighted by atomic mass is 9.65. The summed E-state index contributed by atoms with van der Waals surface area (Å²) in [4.78, 5) is 0. The Kier molecular flexibility index (Phi) is 6.60. The third kappa shape index (κ3) is 5.11. The second-order valence-electron chi connectivity index (χ2n) is 14.5. The number of para-hydroxylation sites is 3. The average Bonchev–Trinajstić information content (AvgIpc) is 3.84. The van der Waals surface area contributed by atoms with E-state index in [4.69, 9.17) is 4.11 Å². The molecule has 0 N–H and O–H groups in total. The number of hydrogen-bond donors (Lipinski definition) is 0. The monoisotopic (exact) mass is 731 g/mol. The lowest BCUT2D eigenvalue weighted by Crippen LogP contribution is -2.30. The number of fused-ring (bicyclic) bond motifs is 6. The van der Waals surface area contributed by atoms with Crippen LogP contribution in [0.1, 0.15) is 29.1 Å². The smallest absolute Gasteiger partial charge is 0.0701 e. The standard InChI is InChI=1S/C55H38N2/c1-5-19-39(20-6-1)45-27-13-16-30-50(45)57-53-35-33-43(55(40-21-7-2-8-22-40,41-23-9-3-10-24-41)42-25-11-4-12-26-42)37-48(53)49-38-44(34-36-54(49)57)56-51-31-17-14-28-46(51)47-29-15-18-32-52(47)56/h1-38H/i2D,7D,8D,21D,22D. The van der Waals surface area contributed by atoms with Crippen LogP contribution >= 0.6 is 0 Å². The van der Waals surface area contributed by atoms with Crippen LogP contribution in [0.15, 0.2) is 230 Å². The van der Waals surface area contributed by atoms with Crippen molar-refractivity contribution in [3.8, 4) is 22.5 Å². The molecule has 0 unspecified atom stereocenters. The third-order valence-electron chi connectivity index (χ3n) is 11.5. The van der Waals surface area contributed by atoms with Crippen LogP contribution in [0, 0.1) is 0 Å². The molecular weight excluding hydrogens is 689 g/mol. The minimum Gasteiger partial charge on any atom is -0.309 e. The zero-order chi connectivity index (χ0) is 42.1. The molecule has 9 aromatic carbocycles. The van der Waals surface area contributed by atoms with Crippen LogP contribution in [0.2, 0.25) is 0 Å². The van der Waals surface area contributed by atoms with Crippen LogP contribution in [0.25, 0.3) is 66.1 Å². The molecule has 11 aromatic rings.